The second-order valence-electron chi connectivity index (χ2n) is 6.50. The van der Waals surface area contributed by atoms with Crippen molar-refractivity contribution in [2.24, 2.45) is 0 Å². The van der Waals surface area contributed by atoms with E-state index in [9.17, 15) is 9.18 Å². The highest BCUT2D eigenvalue weighted by atomic mass is 19.1. The van der Waals surface area contributed by atoms with E-state index in [-0.39, 0.29) is 11.8 Å². The van der Waals surface area contributed by atoms with Crippen molar-refractivity contribution >= 4 is 11.7 Å². The van der Waals surface area contributed by atoms with Crippen LogP contribution in [0.25, 0.3) is 5.69 Å². The summed E-state index contributed by atoms with van der Waals surface area (Å²) in [6, 6.07) is 8.60. The lowest BCUT2D eigenvalue weighted by molar-refractivity contribution is 0.212. The van der Waals surface area contributed by atoms with Gasteiger partial charge in [0.15, 0.2) is 0 Å². The lowest BCUT2D eigenvalue weighted by atomic mass is 10.2. The Kier molecular flexibility index (Phi) is 4.28. The number of anilines is 1. The Morgan fingerprint density at radius 2 is 1.92 bits per heavy atom. The molecule has 1 aromatic heterocycles. The molecule has 0 spiro atoms. The molecule has 2 aliphatic heterocycles. The molecule has 0 saturated carbocycles. The van der Waals surface area contributed by atoms with Gasteiger partial charge in [-0.1, -0.05) is 12.2 Å². The van der Waals surface area contributed by atoms with Gasteiger partial charge < -0.3 is 14.8 Å². The van der Waals surface area contributed by atoms with E-state index < -0.39 is 0 Å². The van der Waals surface area contributed by atoms with Gasteiger partial charge in [0.05, 0.1) is 5.69 Å². The zero-order valence-corrected chi connectivity index (χ0v) is 13.9. The molecule has 1 atom stereocenters. The van der Waals surface area contributed by atoms with Gasteiger partial charge >= 0.3 is 6.03 Å². The van der Waals surface area contributed by atoms with Crippen LogP contribution in [0.15, 0.2) is 54.9 Å². The number of halogens is 1. The second-order valence-corrected chi connectivity index (χ2v) is 6.50. The minimum atomic E-state index is -0.322. The zero-order chi connectivity index (χ0) is 17.2. The van der Waals surface area contributed by atoms with Crippen LogP contribution in [0.5, 0.6) is 0 Å². The number of amides is 2. The number of carbonyl (C=O) groups is 1. The van der Waals surface area contributed by atoms with Gasteiger partial charge in [0.1, 0.15) is 5.82 Å². The highest BCUT2D eigenvalue weighted by Gasteiger charge is 2.30. The van der Waals surface area contributed by atoms with Crippen molar-refractivity contribution < 1.29 is 9.18 Å². The molecule has 1 fully saturated rings. The van der Waals surface area contributed by atoms with Gasteiger partial charge in [0, 0.05) is 50.3 Å². The van der Waals surface area contributed by atoms with Crippen LogP contribution in [-0.2, 0) is 0 Å². The van der Waals surface area contributed by atoms with E-state index in [4.69, 9.17) is 0 Å². The molecular formula is C19H21FN4O. The normalized spacial score (nSPS) is 20.4. The average Bonchev–Trinajstić information content (AvgIpc) is 3.37. The van der Waals surface area contributed by atoms with Crippen LogP contribution in [-0.4, -0.2) is 52.6 Å². The highest BCUT2D eigenvalue weighted by Crippen LogP contribution is 2.21. The van der Waals surface area contributed by atoms with Crippen LogP contribution in [0, 0.1) is 5.82 Å². The summed E-state index contributed by atoms with van der Waals surface area (Å²) in [4.78, 5) is 16.8. The molecule has 1 saturated heterocycles. The fourth-order valence-electron chi connectivity index (χ4n) is 3.50. The van der Waals surface area contributed by atoms with Gasteiger partial charge in [-0.05, 0) is 36.8 Å². The molecular weight excluding hydrogens is 319 g/mol. The first-order chi connectivity index (χ1) is 12.2. The summed E-state index contributed by atoms with van der Waals surface area (Å²) in [5.74, 6) is -0.322. The van der Waals surface area contributed by atoms with Gasteiger partial charge in [-0.3, -0.25) is 4.90 Å². The summed E-state index contributed by atoms with van der Waals surface area (Å²) >= 11 is 0. The molecule has 1 unspecified atom stereocenters. The quantitative estimate of drug-likeness (QED) is 0.873. The van der Waals surface area contributed by atoms with Crippen molar-refractivity contribution in [2.75, 3.05) is 31.5 Å². The Balaban J connectivity index is 1.42. The van der Waals surface area contributed by atoms with Crippen molar-refractivity contribution in [3.8, 4) is 5.69 Å². The maximum absolute atomic E-state index is 14.0. The SMILES string of the molecule is O=C(Nc1ccc(F)c(-n2cccc2)c1)N1CCC(N2CC=CC2)C1. The molecule has 25 heavy (non-hydrogen) atoms. The van der Waals surface area contributed by atoms with Crippen LogP contribution < -0.4 is 5.32 Å². The summed E-state index contributed by atoms with van der Waals surface area (Å²) < 4.78 is 15.7. The van der Waals surface area contributed by atoms with E-state index in [1.54, 1.807) is 29.1 Å². The van der Waals surface area contributed by atoms with Crippen molar-refractivity contribution in [1.82, 2.24) is 14.4 Å². The van der Waals surface area contributed by atoms with Crippen LogP contribution in [0.4, 0.5) is 14.9 Å². The van der Waals surface area contributed by atoms with Crippen molar-refractivity contribution in [3.63, 3.8) is 0 Å². The number of rotatable bonds is 3. The Hall–Kier alpha value is -2.60. The Labute approximate surface area is 146 Å². The number of aromatic nitrogens is 1. The molecule has 1 aromatic carbocycles. The highest BCUT2D eigenvalue weighted by molar-refractivity contribution is 5.89. The number of hydrogen-bond donors (Lipinski definition) is 1. The largest absolute Gasteiger partial charge is 0.323 e. The number of benzene rings is 1. The van der Waals surface area contributed by atoms with Crippen LogP contribution in [0.1, 0.15) is 6.42 Å². The van der Waals surface area contributed by atoms with E-state index >= 15 is 0 Å². The summed E-state index contributed by atoms with van der Waals surface area (Å²) in [5.41, 5.74) is 1.02. The van der Waals surface area contributed by atoms with Crippen molar-refractivity contribution in [2.45, 2.75) is 12.5 Å². The number of nitrogens with one attached hydrogen (secondary N) is 1. The predicted octanol–water partition coefficient (Wildman–Crippen LogP) is 3.09. The van der Waals surface area contributed by atoms with Gasteiger partial charge in [0.2, 0.25) is 0 Å². The third-order valence-electron chi connectivity index (χ3n) is 4.89. The Bertz CT molecular complexity index is 779. The molecule has 2 amide bonds. The number of carbonyl (C=O) groups excluding carboxylic acids is 1. The molecule has 5 nitrogen and oxygen atoms in total. The molecule has 4 rings (SSSR count). The maximum atomic E-state index is 14.0. The number of nitrogens with zero attached hydrogens (tertiary/aromatic N) is 3. The smallest absolute Gasteiger partial charge is 0.321 e. The third-order valence-corrected chi connectivity index (χ3v) is 4.89. The summed E-state index contributed by atoms with van der Waals surface area (Å²) in [5, 5.41) is 2.90. The first kappa shape index (κ1) is 15.9. The molecule has 130 valence electrons. The van der Waals surface area contributed by atoms with E-state index in [2.05, 4.69) is 22.4 Å². The van der Waals surface area contributed by atoms with Gasteiger partial charge in [-0.2, -0.15) is 0 Å². The standard InChI is InChI=1S/C19H21FN4O/c20-17-6-5-15(13-18(17)23-10-3-4-11-23)21-19(25)24-12-7-16(14-24)22-8-1-2-9-22/h1-6,10-11,13,16H,7-9,12,14H2,(H,21,25). The fourth-order valence-corrected chi connectivity index (χ4v) is 3.50. The summed E-state index contributed by atoms with van der Waals surface area (Å²) in [6.45, 7) is 3.43. The molecule has 6 heteroatoms. The number of likely N-dealkylation sites (tertiary alicyclic amines) is 1. The molecule has 1 N–H and O–H groups in total. The first-order valence-corrected chi connectivity index (χ1v) is 8.58. The molecule has 0 bridgehead atoms. The fraction of sp³-hybridized carbons (Fsp3) is 0.316. The lowest BCUT2D eigenvalue weighted by Gasteiger charge is -2.23. The topological polar surface area (TPSA) is 40.5 Å². The van der Waals surface area contributed by atoms with Crippen LogP contribution in [0.3, 0.4) is 0 Å². The molecule has 2 aromatic rings. The zero-order valence-electron chi connectivity index (χ0n) is 13.9. The van der Waals surface area contributed by atoms with Crippen molar-refractivity contribution in [1.29, 1.82) is 0 Å². The maximum Gasteiger partial charge on any atom is 0.321 e. The summed E-state index contributed by atoms with van der Waals surface area (Å²) in [6.07, 6.45) is 8.89. The first-order valence-electron chi connectivity index (χ1n) is 8.58. The van der Waals surface area contributed by atoms with E-state index in [1.165, 1.54) is 6.07 Å². The third kappa shape index (κ3) is 3.30. The van der Waals surface area contributed by atoms with Gasteiger partial charge in [-0.25, -0.2) is 9.18 Å². The Morgan fingerprint density at radius 3 is 2.68 bits per heavy atom. The monoisotopic (exact) mass is 340 g/mol. The van der Waals surface area contributed by atoms with Gasteiger partial charge in [0.25, 0.3) is 0 Å². The minimum Gasteiger partial charge on any atom is -0.323 e. The molecule has 2 aliphatic rings. The van der Waals surface area contributed by atoms with E-state index in [0.29, 0.717) is 17.4 Å². The summed E-state index contributed by atoms with van der Waals surface area (Å²) in [7, 11) is 0. The van der Waals surface area contributed by atoms with E-state index in [0.717, 1.165) is 32.6 Å². The van der Waals surface area contributed by atoms with E-state index in [1.807, 2.05) is 17.0 Å². The Morgan fingerprint density at radius 1 is 1.16 bits per heavy atom. The minimum absolute atomic E-state index is 0.125. The average molecular weight is 340 g/mol. The second kappa shape index (κ2) is 6.72. The number of hydrogen-bond acceptors (Lipinski definition) is 2. The lowest BCUT2D eigenvalue weighted by Crippen LogP contribution is -2.38. The van der Waals surface area contributed by atoms with Gasteiger partial charge in [-0.15, -0.1) is 0 Å². The predicted molar refractivity (Wildman–Crippen MR) is 95.4 cm³/mol. The van der Waals surface area contributed by atoms with Crippen LogP contribution >= 0.6 is 0 Å². The van der Waals surface area contributed by atoms with Crippen molar-refractivity contribution in [3.05, 3.63) is 60.7 Å². The number of urea groups is 1. The molecule has 0 radical (unpaired) electrons. The molecule has 0 aliphatic carbocycles. The van der Waals surface area contributed by atoms with Crippen LogP contribution in [0.2, 0.25) is 0 Å². The molecule has 3 heterocycles.